The Morgan fingerprint density at radius 3 is 2.57 bits per heavy atom. The fourth-order valence-corrected chi connectivity index (χ4v) is 4.13. The van der Waals surface area contributed by atoms with Gasteiger partial charge in [-0.15, -0.1) is 0 Å². The largest absolute Gasteiger partial charge is 0.481 e. The average Bonchev–Trinajstić information content (AvgIpc) is 3.38. The molecule has 4 N–H and O–H groups in total. The quantitative estimate of drug-likeness (QED) is 0.305. The van der Waals surface area contributed by atoms with Crippen molar-refractivity contribution in [3.63, 3.8) is 0 Å². The Morgan fingerprint density at radius 1 is 1.16 bits per heavy atom. The predicted octanol–water partition coefficient (Wildman–Crippen LogP) is 2.28. The number of carbonyl (C=O) groups excluding carboxylic acids is 2. The zero-order chi connectivity index (χ0) is 27.1. The van der Waals surface area contributed by atoms with Crippen LogP contribution in [0.4, 0.5) is 5.82 Å². The number of benzene rings is 1. The SMILES string of the molecule is CC(C)CC(C(=O)Nc1ccn(CC(O)CC(O)CC(=O)O)n1)N1CC(Oc2ccccc2Cl)=CC1=O. The first kappa shape index (κ1) is 28.2. The van der Waals surface area contributed by atoms with Crippen LogP contribution in [-0.2, 0) is 20.9 Å². The van der Waals surface area contributed by atoms with E-state index in [1.807, 2.05) is 13.8 Å². The van der Waals surface area contributed by atoms with Crippen LogP contribution >= 0.6 is 11.6 Å². The Labute approximate surface area is 219 Å². The van der Waals surface area contributed by atoms with Crippen molar-refractivity contribution < 1.29 is 34.4 Å². The normalized spacial score (nSPS) is 15.9. The summed E-state index contributed by atoms with van der Waals surface area (Å²) >= 11 is 6.15. The molecule has 200 valence electrons. The summed E-state index contributed by atoms with van der Waals surface area (Å²) < 4.78 is 7.17. The number of ether oxygens (including phenoxy) is 1. The molecule has 2 aromatic rings. The van der Waals surface area contributed by atoms with Crippen molar-refractivity contribution in [2.75, 3.05) is 11.9 Å². The molecule has 1 aliphatic rings. The van der Waals surface area contributed by atoms with Crippen LogP contribution in [0.15, 0.2) is 48.4 Å². The van der Waals surface area contributed by atoms with Crippen molar-refractivity contribution in [3.05, 3.63) is 53.4 Å². The fourth-order valence-electron chi connectivity index (χ4n) is 3.96. The summed E-state index contributed by atoms with van der Waals surface area (Å²) in [6, 6.07) is 7.66. The molecule has 1 aromatic heterocycles. The smallest absolute Gasteiger partial charge is 0.305 e. The van der Waals surface area contributed by atoms with Crippen LogP contribution in [0.3, 0.4) is 0 Å². The number of para-hydroxylation sites is 1. The van der Waals surface area contributed by atoms with Gasteiger partial charge in [0.2, 0.25) is 5.91 Å². The maximum Gasteiger partial charge on any atom is 0.305 e. The zero-order valence-electron chi connectivity index (χ0n) is 20.6. The van der Waals surface area contributed by atoms with Crippen molar-refractivity contribution in [2.24, 2.45) is 5.92 Å². The van der Waals surface area contributed by atoms with E-state index >= 15 is 0 Å². The average molecular weight is 535 g/mol. The standard InChI is InChI=1S/C25H31ClN4O7/c1-15(2)9-20(30-14-18(12-23(30)33)37-21-6-4-3-5-19(21)26)25(36)27-22-7-8-29(28-22)13-17(32)10-16(31)11-24(34)35/h3-8,12,15-17,20,31-32H,9-11,13-14H2,1-2H3,(H,34,35)(H,27,28,36). The number of aliphatic hydroxyl groups is 2. The van der Waals surface area contributed by atoms with E-state index < -0.39 is 36.5 Å². The first-order valence-electron chi connectivity index (χ1n) is 11.9. The van der Waals surface area contributed by atoms with Gasteiger partial charge in [-0.3, -0.25) is 19.1 Å². The van der Waals surface area contributed by atoms with Crippen LogP contribution < -0.4 is 10.1 Å². The lowest BCUT2D eigenvalue weighted by Gasteiger charge is -2.28. The number of nitrogens with zero attached hydrogens (tertiary/aromatic N) is 3. The van der Waals surface area contributed by atoms with E-state index in [1.165, 1.54) is 21.9 Å². The lowest BCUT2D eigenvalue weighted by Crippen LogP contribution is -2.46. The van der Waals surface area contributed by atoms with Crippen LogP contribution in [-0.4, -0.2) is 72.6 Å². The van der Waals surface area contributed by atoms with Crippen LogP contribution in [0.25, 0.3) is 0 Å². The molecule has 12 heteroatoms. The summed E-state index contributed by atoms with van der Waals surface area (Å²) in [5.74, 6) is -0.796. The number of rotatable bonds is 13. The number of aromatic nitrogens is 2. The van der Waals surface area contributed by atoms with Crippen LogP contribution in [0.2, 0.25) is 5.02 Å². The van der Waals surface area contributed by atoms with Gasteiger partial charge >= 0.3 is 5.97 Å². The molecule has 0 saturated carbocycles. The third-order valence-electron chi connectivity index (χ3n) is 5.59. The topological polar surface area (TPSA) is 154 Å². The Morgan fingerprint density at radius 2 is 1.89 bits per heavy atom. The first-order valence-corrected chi connectivity index (χ1v) is 12.3. The molecular formula is C25H31ClN4O7. The molecule has 1 aromatic carbocycles. The minimum absolute atomic E-state index is 0.000747. The molecule has 0 aliphatic carbocycles. The van der Waals surface area contributed by atoms with Gasteiger partial charge in [0.25, 0.3) is 5.91 Å². The summed E-state index contributed by atoms with van der Waals surface area (Å²) in [6.45, 7) is 4.00. The van der Waals surface area contributed by atoms with Gasteiger partial charge in [0.05, 0.1) is 36.7 Å². The van der Waals surface area contributed by atoms with E-state index in [0.29, 0.717) is 23.0 Å². The van der Waals surface area contributed by atoms with Gasteiger partial charge in [0, 0.05) is 24.8 Å². The van der Waals surface area contributed by atoms with E-state index in [4.69, 9.17) is 21.4 Å². The highest BCUT2D eigenvalue weighted by Gasteiger charge is 2.35. The van der Waals surface area contributed by atoms with Gasteiger partial charge in [0.15, 0.2) is 5.82 Å². The van der Waals surface area contributed by atoms with Gasteiger partial charge in [-0.25, -0.2) is 0 Å². The highest BCUT2D eigenvalue weighted by molar-refractivity contribution is 6.32. The molecule has 11 nitrogen and oxygen atoms in total. The fraction of sp³-hybridized carbons (Fsp3) is 0.440. The van der Waals surface area contributed by atoms with Crippen molar-refractivity contribution in [3.8, 4) is 5.75 Å². The van der Waals surface area contributed by atoms with E-state index in [9.17, 15) is 24.6 Å². The molecule has 3 atom stereocenters. The number of amides is 2. The highest BCUT2D eigenvalue weighted by Crippen LogP contribution is 2.28. The van der Waals surface area contributed by atoms with E-state index in [2.05, 4.69) is 10.4 Å². The van der Waals surface area contributed by atoms with Crippen LogP contribution in [0.1, 0.15) is 33.1 Å². The second-order valence-corrected chi connectivity index (χ2v) is 9.72. The number of nitrogens with one attached hydrogen (secondary N) is 1. The Hall–Kier alpha value is -3.41. The Bertz CT molecular complexity index is 1150. The molecule has 0 fully saturated rings. The zero-order valence-corrected chi connectivity index (χ0v) is 21.3. The van der Waals surface area contributed by atoms with Gasteiger partial charge < -0.3 is 30.3 Å². The minimum Gasteiger partial charge on any atom is -0.481 e. The molecule has 0 radical (unpaired) electrons. The molecular weight excluding hydrogens is 504 g/mol. The molecule has 0 bridgehead atoms. The second-order valence-electron chi connectivity index (χ2n) is 9.31. The van der Waals surface area contributed by atoms with Crippen molar-refractivity contribution in [1.29, 1.82) is 0 Å². The summed E-state index contributed by atoms with van der Waals surface area (Å²) in [6.07, 6.45) is 0.480. The number of carboxylic acid groups (broad SMARTS) is 1. The monoisotopic (exact) mass is 534 g/mol. The van der Waals surface area contributed by atoms with Crippen molar-refractivity contribution >= 4 is 35.2 Å². The molecule has 0 saturated heterocycles. The maximum absolute atomic E-state index is 13.2. The summed E-state index contributed by atoms with van der Waals surface area (Å²) in [5.41, 5.74) is 0. The number of hydrogen-bond donors (Lipinski definition) is 4. The summed E-state index contributed by atoms with van der Waals surface area (Å²) in [4.78, 5) is 38.1. The third-order valence-corrected chi connectivity index (χ3v) is 5.90. The van der Waals surface area contributed by atoms with Gasteiger partial charge in [-0.1, -0.05) is 37.6 Å². The first-order chi connectivity index (χ1) is 17.5. The molecule has 0 spiro atoms. The number of anilines is 1. The summed E-state index contributed by atoms with van der Waals surface area (Å²) in [7, 11) is 0. The Balaban J connectivity index is 1.62. The van der Waals surface area contributed by atoms with Gasteiger partial charge in [-0.2, -0.15) is 5.10 Å². The highest BCUT2D eigenvalue weighted by atomic mass is 35.5. The number of aliphatic hydroxyl groups excluding tert-OH is 2. The summed E-state index contributed by atoms with van der Waals surface area (Å²) in [5, 5.41) is 35.9. The number of aliphatic carboxylic acids is 1. The maximum atomic E-state index is 13.2. The number of carbonyl (C=O) groups is 3. The minimum atomic E-state index is -1.18. The molecule has 2 heterocycles. The Kier molecular flexibility index (Phi) is 9.67. The van der Waals surface area contributed by atoms with E-state index in [-0.39, 0.29) is 37.2 Å². The second kappa shape index (κ2) is 12.7. The van der Waals surface area contributed by atoms with Gasteiger partial charge in [0.1, 0.15) is 17.6 Å². The lowest BCUT2D eigenvalue weighted by molar-refractivity contribution is -0.139. The lowest BCUT2D eigenvalue weighted by atomic mass is 10.0. The van der Waals surface area contributed by atoms with E-state index in [0.717, 1.165) is 0 Å². The number of carboxylic acids is 1. The number of halogens is 1. The molecule has 37 heavy (non-hydrogen) atoms. The third kappa shape index (κ3) is 8.31. The van der Waals surface area contributed by atoms with Crippen LogP contribution in [0, 0.1) is 5.92 Å². The van der Waals surface area contributed by atoms with Crippen LogP contribution in [0.5, 0.6) is 5.75 Å². The molecule has 3 unspecified atom stereocenters. The number of hydrogen-bond acceptors (Lipinski definition) is 7. The van der Waals surface area contributed by atoms with Crippen molar-refractivity contribution in [2.45, 2.75) is 57.9 Å². The molecule has 1 aliphatic heterocycles. The van der Waals surface area contributed by atoms with Crippen molar-refractivity contribution in [1.82, 2.24) is 14.7 Å². The molecule has 3 rings (SSSR count). The van der Waals surface area contributed by atoms with Gasteiger partial charge in [-0.05, 0) is 24.5 Å². The van der Waals surface area contributed by atoms with E-state index in [1.54, 1.807) is 30.3 Å². The predicted molar refractivity (Wildman–Crippen MR) is 135 cm³/mol. The molecule has 2 amide bonds.